The van der Waals surface area contributed by atoms with Crippen LogP contribution in [0.4, 0.5) is 16.3 Å². The summed E-state index contributed by atoms with van der Waals surface area (Å²) in [5.74, 6) is 1.53. The van der Waals surface area contributed by atoms with Gasteiger partial charge < -0.3 is 19.9 Å². The van der Waals surface area contributed by atoms with Crippen LogP contribution in [-0.2, 0) is 0 Å². The van der Waals surface area contributed by atoms with E-state index >= 15 is 0 Å². The number of carbonyl (C=O) groups is 1. The number of carbonyl (C=O) groups excluding carboxylic acids is 1. The van der Waals surface area contributed by atoms with Gasteiger partial charge in [-0.1, -0.05) is 42.0 Å². The number of benzene rings is 2. The molecule has 0 spiro atoms. The van der Waals surface area contributed by atoms with Gasteiger partial charge in [-0.3, -0.25) is 0 Å². The number of ether oxygens (including phenoxy) is 1. The molecule has 0 unspecified atom stereocenters. The minimum atomic E-state index is -0.123. The van der Waals surface area contributed by atoms with Crippen LogP contribution in [0, 0.1) is 6.92 Å². The van der Waals surface area contributed by atoms with Gasteiger partial charge in [0.2, 0.25) is 0 Å². The molecule has 1 N–H and O–H groups in total. The van der Waals surface area contributed by atoms with Gasteiger partial charge in [0.1, 0.15) is 17.9 Å². The van der Waals surface area contributed by atoms with Gasteiger partial charge in [0.25, 0.3) is 0 Å². The van der Waals surface area contributed by atoms with E-state index in [0.717, 1.165) is 17.1 Å². The van der Waals surface area contributed by atoms with Crippen molar-refractivity contribution in [2.75, 3.05) is 43.5 Å². The fraction of sp³-hybridized carbons (Fsp3) is 0.261. The molecule has 0 atom stereocenters. The number of rotatable bonds is 4. The zero-order valence-electron chi connectivity index (χ0n) is 17.2. The second kappa shape index (κ2) is 8.82. The third-order valence-corrected chi connectivity index (χ3v) is 5.24. The SMILES string of the molecule is COc1ccccc1NC(=O)N1CCN(c2cc(-c3ccc(C)cc3)ncn2)CC1. The average Bonchev–Trinajstić information content (AvgIpc) is 2.80. The van der Waals surface area contributed by atoms with E-state index in [1.54, 1.807) is 13.4 Å². The summed E-state index contributed by atoms with van der Waals surface area (Å²) in [6.45, 7) is 4.72. The van der Waals surface area contributed by atoms with E-state index in [1.807, 2.05) is 35.2 Å². The summed E-state index contributed by atoms with van der Waals surface area (Å²) in [5, 5.41) is 2.94. The van der Waals surface area contributed by atoms with E-state index in [-0.39, 0.29) is 6.03 Å². The van der Waals surface area contributed by atoms with E-state index in [2.05, 4.69) is 51.4 Å². The number of anilines is 2. The Morgan fingerprint density at radius 3 is 2.47 bits per heavy atom. The molecule has 4 rings (SSSR count). The molecular weight excluding hydrogens is 378 g/mol. The molecule has 7 heteroatoms. The molecule has 2 aromatic carbocycles. The summed E-state index contributed by atoms with van der Waals surface area (Å²) in [5.41, 5.74) is 3.86. The number of methoxy groups -OCH3 is 1. The summed E-state index contributed by atoms with van der Waals surface area (Å²) < 4.78 is 5.31. The molecule has 154 valence electrons. The molecule has 0 radical (unpaired) electrons. The Morgan fingerprint density at radius 2 is 1.73 bits per heavy atom. The fourth-order valence-electron chi connectivity index (χ4n) is 3.48. The number of hydrogen-bond acceptors (Lipinski definition) is 5. The zero-order chi connectivity index (χ0) is 20.9. The van der Waals surface area contributed by atoms with Crippen molar-refractivity contribution in [3.63, 3.8) is 0 Å². The van der Waals surface area contributed by atoms with Crippen LogP contribution < -0.4 is 15.0 Å². The quantitative estimate of drug-likeness (QED) is 0.717. The van der Waals surface area contributed by atoms with E-state index < -0.39 is 0 Å². The van der Waals surface area contributed by atoms with Crippen molar-refractivity contribution in [2.24, 2.45) is 0 Å². The van der Waals surface area contributed by atoms with E-state index in [4.69, 9.17) is 4.74 Å². The monoisotopic (exact) mass is 403 g/mol. The number of piperazine rings is 1. The average molecular weight is 403 g/mol. The first-order chi connectivity index (χ1) is 14.6. The van der Waals surface area contributed by atoms with Crippen molar-refractivity contribution in [2.45, 2.75) is 6.92 Å². The first-order valence-corrected chi connectivity index (χ1v) is 9.97. The Morgan fingerprint density at radius 1 is 1.00 bits per heavy atom. The molecule has 30 heavy (non-hydrogen) atoms. The van der Waals surface area contributed by atoms with Gasteiger partial charge in [-0.15, -0.1) is 0 Å². The summed E-state index contributed by atoms with van der Waals surface area (Å²) >= 11 is 0. The van der Waals surface area contributed by atoms with Crippen LogP contribution in [0.15, 0.2) is 60.9 Å². The predicted octanol–water partition coefficient (Wildman–Crippen LogP) is 3.81. The molecule has 0 aliphatic carbocycles. The van der Waals surface area contributed by atoms with Crippen molar-refractivity contribution in [1.29, 1.82) is 0 Å². The molecule has 7 nitrogen and oxygen atoms in total. The normalized spacial score (nSPS) is 13.8. The van der Waals surface area contributed by atoms with Crippen molar-refractivity contribution < 1.29 is 9.53 Å². The second-order valence-corrected chi connectivity index (χ2v) is 7.23. The maximum Gasteiger partial charge on any atom is 0.322 e. The first kappa shape index (κ1) is 19.7. The summed E-state index contributed by atoms with van der Waals surface area (Å²) in [7, 11) is 1.59. The maximum absolute atomic E-state index is 12.7. The largest absolute Gasteiger partial charge is 0.495 e. The van der Waals surface area contributed by atoms with E-state index in [0.29, 0.717) is 37.6 Å². The molecule has 2 heterocycles. The van der Waals surface area contributed by atoms with Crippen LogP contribution in [0.5, 0.6) is 5.75 Å². The van der Waals surface area contributed by atoms with Crippen LogP contribution >= 0.6 is 0 Å². The van der Waals surface area contributed by atoms with Crippen molar-refractivity contribution in [1.82, 2.24) is 14.9 Å². The molecular formula is C23H25N5O2. The molecule has 1 aliphatic heterocycles. The van der Waals surface area contributed by atoms with Gasteiger partial charge in [0.05, 0.1) is 18.5 Å². The summed E-state index contributed by atoms with van der Waals surface area (Å²) in [6, 6.07) is 17.6. The van der Waals surface area contributed by atoms with Gasteiger partial charge in [-0.2, -0.15) is 0 Å². The van der Waals surface area contributed by atoms with Gasteiger partial charge in [0, 0.05) is 37.8 Å². The Kier molecular flexibility index (Phi) is 5.79. The van der Waals surface area contributed by atoms with E-state index in [9.17, 15) is 4.79 Å². The molecule has 1 saturated heterocycles. The van der Waals surface area contributed by atoms with Gasteiger partial charge in [0.15, 0.2) is 0 Å². The van der Waals surface area contributed by atoms with Crippen LogP contribution in [0.2, 0.25) is 0 Å². The van der Waals surface area contributed by atoms with Crippen LogP contribution in [-0.4, -0.2) is 54.2 Å². The lowest BCUT2D eigenvalue weighted by molar-refractivity contribution is 0.208. The molecule has 0 saturated carbocycles. The number of para-hydroxylation sites is 2. The summed E-state index contributed by atoms with van der Waals surface area (Å²) in [4.78, 5) is 25.5. The number of hydrogen-bond donors (Lipinski definition) is 1. The number of aromatic nitrogens is 2. The molecule has 0 bridgehead atoms. The Bertz CT molecular complexity index is 1010. The van der Waals surface area contributed by atoms with Crippen LogP contribution in [0.1, 0.15) is 5.56 Å². The van der Waals surface area contributed by atoms with Crippen LogP contribution in [0.3, 0.4) is 0 Å². The lowest BCUT2D eigenvalue weighted by Gasteiger charge is -2.35. The topological polar surface area (TPSA) is 70.6 Å². The fourth-order valence-corrected chi connectivity index (χ4v) is 3.48. The minimum absolute atomic E-state index is 0.123. The summed E-state index contributed by atoms with van der Waals surface area (Å²) in [6.07, 6.45) is 1.60. The smallest absolute Gasteiger partial charge is 0.322 e. The van der Waals surface area contributed by atoms with Gasteiger partial charge in [-0.25, -0.2) is 14.8 Å². The predicted molar refractivity (Wildman–Crippen MR) is 118 cm³/mol. The lowest BCUT2D eigenvalue weighted by atomic mass is 10.1. The minimum Gasteiger partial charge on any atom is -0.495 e. The highest BCUT2D eigenvalue weighted by Crippen LogP contribution is 2.24. The maximum atomic E-state index is 12.7. The standard InChI is InChI=1S/C23H25N5O2/c1-17-7-9-18(10-8-17)20-15-22(25-16-24-20)27-11-13-28(14-12-27)23(29)26-19-5-3-4-6-21(19)30-2/h3-10,15-16H,11-14H2,1-2H3,(H,26,29). The van der Waals surface area contributed by atoms with E-state index in [1.165, 1.54) is 5.56 Å². The number of amides is 2. The lowest BCUT2D eigenvalue weighted by Crippen LogP contribution is -2.50. The Labute approximate surface area is 176 Å². The molecule has 1 fully saturated rings. The second-order valence-electron chi connectivity index (χ2n) is 7.23. The highest BCUT2D eigenvalue weighted by atomic mass is 16.5. The molecule has 2 amide bonds. The third-order valence-electron chi connectivity index (χ3n) is 5.24. The zero-order valence-corrected chi connectivity index (χ0v) is 17.2. The van der Waals surface area contributed by atoms with Crippen LogP contribution in [0.25, 0.3) is 11.3 Å². The number of nitrogens with zero attached hydrogens (tertiary/aromatic N) is 4. The Balaban J connectivity index is 1.39. The Hall–Kier alpha value is -3.61. The van der Waals surface area contributed by atoms with Crippen molar-refractivity contribution in [3.05, 3.63) is 66.5 Å². The highest BCUT2D eigenvalue weighted by molar-refractivity contribution is 5.91. The number of nitrogens with one attached hydrogen (secondary N) is 1. The first-order valence-electron chi connectivity index (χ1n) is 9.97. The molecule has 1 aliphatic rings. The van der Waals surface area contributed by atoms with Gasteiger partial charge in [-0.05, 0) is 19.1 Å². The number of aryl methyl sites for hydroxylation is 1. The molecule has 1 aromatic heterocycles. The molecule has 3 aromatic rings. The number of urea groups is 1. The van der Waals surface area contributed by atoms with Crippen molar-refractivity contribution >= 4 is 17.5 Å². The highest BCUT2D eigenvalue weighted by Gasteiger charge is 2.23. The third kappa shape index (κ3) is 4.35. The van der Waals surface area contributed by atoms with Gasteiger partial charge >= 0.3 is 6.03 Å². The van der Waals surface area contributed by atoms with Crippen molar-refractivity contribution in [3.8, 4) is 17.0 Å².